The minimum absolute atomic E-state index is 0.0963. The van der Waals surface area contributed by atoms with Crippen molar-refractivity contribution < 1.29 is 18.7 Å². The van der Waals surface area contributed by atoms with Crippen LogP contribution >= 0.6 is 22.9 Å². The van der Waals surface area contributed by atoms with Gasteiger partial charge in [0, 0.05) is 16.3 Å². The highest BCUT2D eigenvalue weighted by Crippen LogP contribution is 2.21. The quantitative estimate of drug-likeness (QED) is 0.496. The number of benzene rings is 2. The molecule has 0 unspecified atom stereocenters. The smallest absolute Gasteiger partial charge is 0.315 e. The van der Waals surface area contributed by atoms with E-state index in [4.69, 9.17) is 16.3 Å². The Morgan fingerprint density at radius 3 is 2.50 bits per heavy atom. The number of rotatable bonds is 5. The van der Waals surface area contributed by atoms with Crippen LogP contribution in [0.2, 0.25) is 5.02 Å². The molecule has 0 saturated heterocycles. The van der Waals surface area contributed by atoms with Crippen LogP contribution < -0.4 is 10.1 Å². The van der Waals surface area contributed by atoms with Crippen LogP contribution in [0.3, 0.4) is 0 Å². The van der Waals surface area contributed by atoms with Gasteiger partial charge in [-0.15, -0.1) is 11.3 Å². The highest BCUT2D eigenvalue weighted by atomic mass is 35.5. The summed E-state index contributed by atoms with van der Waals surface area (Å²) in [4.78, 5) is 24.6. The van der Waals surface area contributed by atoms with Gasteiger partial charge in [0.25, 0.3) is 5.91 Å². The van der Waals surface area contributed by atoms with E-state index in [1.807, 2.05) is 5.38 Å². The van der Waals surface area contributed by atoms with E-state index in [0.717, 1.165) is 0 Å². The summed E-state index contributed by atoms with van der Waals surface area (Å²) in [5.74, 6) is -1.11. The summed E-state index contributed by atoms with van der Waals surface area (Å²) in [6, 6.07) is 14.1. The molecular weight excluding hydrogens is 377 g/mol. The molecule has 3 aromatic rings. The van der Waals surface area contributed by atoms with Crippen molar-refractivity contribution in [3.8, 4) is 5.75 Å². The first-order valence-electron chi connectivity index (χ1n) is 7.61. The number of hydrogen-bond acceptors (Lipinski definition) is 4. The van der Waals surface area contributed by atoms with E-state index in [1.165, 1.54) is 29.5 Å². The molecule has 132 valence electrons. The van der Waals surface area contributed by atoms with Crippen LogP contribution in [0.25, 0.3) is 0 Å². The zero-order chi connectivity index (χ0) is 18.5. The standard InChI is InChI=1S/C19H13ClFNO3S/c20-15-3-1-4-16(21)14(15)11-18(23)25-13-8-6-12(7-9-13)22-19(24)17-5-2-10-26-17/h1-10H,11H2,(H,22,24). The average Bonchev–Trinajstić information content (AvgIpc) is 3.15. The summed E-state index contributed by atoms with van der Waals surface area (Å²) >= 11 is 7.24. The number of ether oxygens (including phenoxy) is 1. The summed E-state index contributed by atoms with van der Waals surface area (Å²) in [5.41, 5.74) is 0.666. The summed E-state index contributed by atoms with van der Waals surface area (Å²) in [6.45, 7) is 0. The first kappa shape index (κ1) is 18.1. The zero-order valence-electron chi connectivity index (χ0n) is 13.4. The molecule has 0 radical (unpaired) electrons. The molecule has 0 spiro atoms. The van der Waals surface area contributed by atoms with Crippen LogP contribution in [-0.2, 0) is 11.2 Å². The van der Waals surface area contributed by atoms with E-state index >= 15 is 0 Å². The maximum Gasteiger partial charge on any atom is 0.315 e. The van der Waals surface area contributed by atoms with Crippen molar-refractivity contribution in [1.29, 1.82) is 0 Å². The van der Waals surface area contributed by atoms with Gasteiger partial charge >= 0.3 is 5.97 Å². The Morgan fingerprint density at radius 2 is 1.85 bits per heavy atom. The first-order valence-corrected chi connectivity index (χ1v) is 8.87. The SMILES string of the molecule is O=C(Cc1c(F)cccc1Cl)Oc1ccc(NC(=O)c2cccs2)cc1. The van der Waals surface area contributed by atoms with Gasteiger partial charge in [0.2, 0.25) is 0 Å². The van der Waals surface area contributed by atoms with Gasteiger partial charge < -0.3 is 10.1 Å². The topological polar surface area (TPSA) is 55.4 Å². The van der Waals surface area contributed by atoms with Gasteiger partial charge in [-0.05, 0) is 47.8 Å². The van der Waals surface area contributed by atoms with Gasteiger partial charge in [-0.1, -0.05) is 23.7 Å². The van der Waals surface area contributed by atoms with Gasteiger partial charge in [-0.25, -0.2) is 4.39 Å². The Labute approximate surface area is 158 Å². The first-order chi connectivity index (χ1) is 12.5. The Balaban J connectivity index is 1.60. The predicted molar refractivity (Wildman–Crippen MR) is 99.5 cm³/mol. The fourth-order valence-corrected chi connectivity index (χ4v) is 3.07. The lowest BCUT2D eigenvalue weighted by atomic mass is 10.1. The minimum Gasteiger partial charge on any atom is -0.426 e. The molecule has 0 bridgehead atoms. The predicted octanol–water partition coefficient (Wildman–Crippen LogP) is 4.94. The van der Waals surface area contributed by atoms with Crippen molar-refractivity contribution in [2.75, 3.05) is 5.32 Å². The van der Waals surface area contributed by atoms with Crippen LogP contribution in [0.5, 0.6) is 5.75 Å². The number of esters is 1. The Hall–Kier alpha value is -2.70. The summed E-state index contributed by atoms with van der Waals surface area (Å²) in [6.07, 6.45) is -0.275. The zero-order valence-corrected chi connectivity index (χ0v) is 14.9. The molecular formula is C19H13ClFNO3S. The van der Waals surface area contributed by atoms with Crippen LogP contribution in [0.15, 0.2) is 60.0 Å². The molecule has 1 amide bonds. The second kappa shape index (κ2) is 8.12. The molecule has 0 atom stereocenters. The molecule has 26 heavy (non-hydrogen) atoms. The number of hydrogen-bond donors (Lipinski definition) is 1. The van der Waals surface area contributed by atoms with Crippen LogP contribution in [-0.4, -0.2) is 11.9 Å². The fourth-order valence-electron chi connectivity index (χ4n) is 2.22. The Bertz CT molecular complexity index is 906. The van der Waals surface area contributed by atoms with E-state index in [9.17, 15) is 14.0 Å². The summed E-state index contributed by atoms with van der Waals surface area (Å²) in [5, 5.41) is 4.74. The average molecular weight is 390 g/mol. The van der Waals surface area contributed by atoms with Crippen molar-refractivity contribution in [3.63, 3.8) is 0 Å². The Morgan fingerprint density at radius 1 is 1.08 bits per heavy atom. The fraction of sp³-hybridized carbons (Fsp3) is 0.0526. The molecule has 0 aliphatic rings. The maximum absolute atomic E-state index is 13.7. The second-order valence-corrected chi connectivity index (χ2v) is 6.66. The highest BCUT2D eigenvalue weighted by Gasteiger charge is 2.14. The van der Waals surface area contributed by atoms with E-state index < -0.39 is 11.8 Å². The van der Waals surface area contributed by atoms with E-state index in [0.29, 0.717) is 10.6 Å². The second-order valence-electron chi connectivity index (χ2n) is 5.31. The van der Waals surface area contributed by atoms with Crippen LogP contribution in [0.4, 0.5) is 10.1 Å². The lowest BCUT2D eigenvalue weighted by molar-refractivity contribution is -0.133. The third-order valence-corrected chi connectivity index (χ3v) is 4.69. The monoisotopic (exact) mass is 389 g/mol. The number of carbonyl (C=O) groups is 2. The normalized spacial score (nSPS) is 10.4. The molecule has 4 nitrogen and oxygen atoms in total. The molecule has 3 rings (SSSR count). The van der Waals surface area contributed by atoms with E-state index in [1.54, 1.807) is 36.4 Å². The third-order valence-electron chi connectivity index (χ3n) is 3.47. The van der Waals surface area contributed by atoms with Gasteiger partial charge in [-0.2, -0.15) is 0 Å². The number of nitrogens with one attached hydrogen (secondary N) is 1. The summed E-state index contributed by atoms with van der Waals surface area (Å²) < 4.78 is 18.9. The van der Waals surface area contributed by atoms with E-state index in [2.05, 4.69) is 5.32 Å². The molecule has 0 aliphatic heterocycles. The number of anilines is 1. The van der Waals surface area contributed by atoms with Crippen molar-refractivity contribution in [2.24, 2.45) is 0 Å². The van der Waals surface area contributed by atoms with Crippen molar-refractivity contribution in [2.45, 2.75) is 6.42 Å². The number of carbonyl (C=O) groups excluding carboxylic acids is 2. The molecule has 1 heterocycles. The Kier molecular flexibility index (Phi) is 5.65. The van der Waals surface area contributed by atoms with Crippen molar-refractivity contribution >= 4 is 40.5 Å². The summed E-state index contributed by atoms with van der Waals surface area (Å²) in [7, 11) is 0. The van der Waals surface area contributed by atoms with Gasteiger partial charge in [0.05, 0.1) is 11.3 Å². The molecule has 2 aromatic carbocycles. The van der Waals surface area contributed by atoms with Gasteiger partial charge in [-0.3, -0.25) is 9.59 Å². The lowest BCUT2D eigenvalue weighted by Gasteiger charge is -2.08. The molecule has 1 aromatic heterocycles. The third kappa shape index (κ3) is 4.47. The maximum atomic E-state index is 13.7. The van der Waals surface area contributed by atoms with Gasteiger partial charge in [0.1, 0.15) is 11.6 Å². The van der Waals surface area contributed by atoms with Crippen molar-refractivity contribution in [3.05, 3.63) is 81.3 Å². The number of thiophene rings is 1. The van der Waals surface area contributed by atoms with Crippen LogP contribution in [0, 0.1) is 5.82 Å². The van der Waals surface area contributed by atoms with Gasteiger partial charge in [0.15, 0.2) is 0 Å². The molecule has 0 fully saturated rings. The van der Waals surface area contributed by atoms with E-state index in [-0.39, 0.29) is 28.7 Å². The minimum atomic E-state index is -0.632. The molecule has 1 N–H and O–H groups in total. The number of amides is 1. The van der Waals surface area contributed by atoms with Crippen LogP contribution in [0.1, 0.15) is 15.2 Å². The molecule has 7 heteroatoms. The lowest BCUT2D eigenvalue weighted by Crippen LogP contribution is -2.13. The largest absolute Gasteiger partial charge is 0.426 e. The van der Waals surface area contributed by atoms with Crippen molar-refractivity contribution in [1.82, 2.24) is 0 Å². The molecule has 0 saturated carbocycles. The molecule has 0 aliphatic carbocycles. The number of halogens is 2. The highest BCUT2D eigenvalue weighted by molar-refractivity contribution is 7.12.